The van der Waals surface area contributed by atoms with E-state index < -0.39 is 18.1 Å². The number of aliphatic carboxylic acids is 1. The predicted molar refractivity (Wildman–Crippen MR) is 88.9 cm³/mol. The van der Waals surface area contributed by atoms with Gasteiger partial charge >= 0.3 is 5.97 Å². The molecule has 1 saturated carbocycles. The molecule has 126 valence electrons. The first-order valence-electron chi connectivity index (χ1n) is 8.39. The number of hydrogen-bond acceptors (Lipinski definition) is 3. The monoisotopic (exact) mass is 318 g/mol. The average molecular weight is 318 g/mol. The first kappa shape index (κ1) is 17.5. The maximum atomic E-state index is 12.2. The lowest BCUT2D eigenvalue weighted by molar-refractivity contribution is -0.142. The summed E-state index contributed by atoms with van der Waals surface area (Å²) in [6.07, 6.45) is 6.80. The van der Waals surface area contributed by atoms with E-state index in [-0.39, 0.29) is 12.3 Å². The standard InChI is InChI=1S/C18H26N2O3/c19-15(11-13-7-3-1-4-8-13)17(21)20-16(18(22)23)12-14-9-5-2-6-10-14/h2,5-6,9-10,13,15-16H,1,3-4,7-8,11-12,19H2,(H,20,21)(H,22,23)/t15-,16-/m0/s1. The van der Waals surface area contributed by atoms with Crippen LogP contribution < -0.4 is 11.1 Å². The maximum absolute atomic E-state index is 12.2. The molecule has 1 aromatic carbocycles. The van der Waals surface area contributed by atoms with Crippen LogP contribution in [0.25, 0.3) is 0 Å². The van der Waals surface area contributed by atoms with E-state index in [0.717, 1.165) is 18.4 Å². The third kappa shape index (κ3) is 5.67. The van der Waals surface area contributed by atoms with Gasteiger partial charge in [0, 0.05) is 6.42 Å². The zero-order valence-corrected chi connectivity index (χ0v) is 13.4. The van der Waals surface area contributed by atoms with E-state index in [1.807, 2.05) is 30.3 Å². The number of carboxylic acids is 1. The summed E-state index contributed by atoms with van der Waals surface area (Å²) in [4.78, 5) is 23.6. The van der Waals surface area contributed by atoms with Crippen molar-refractivity contribution in [2.45, 2.75) is 57.0 Å². The average Bonchev–Trinajstić information content (AvgIpc) is 2.56. The molecular weight excluding hydrogens is 292 g/mol. The Hall–Kier alpha value is -1.88. The summed E-state index contributed by atoms with van der Waals surface area (Å²) in [6, 6.07) is 7.71. The zero-order valence-electron chi connectivity index (χ0n) is 13.4. The maximum Gasteiger partial charge on any atom is 0.326 e. The molecule has 2 atom stereocenters. The smallest absolute Gasteiger partial charge is 0.326 e. The number of hydrogen-bond donors (Lipinski definition) is 3. The lowest BCUT2D eigenvalue weighted by atomic mass is 9.85. The predicted octanol–water partition coefficient (Wildman–Crippen LogP) is 2.10. The van der Waals surface area contributed by atoms with Crippen molar-refractivity contribution >= 4 is 11.9 Å². The van der Waals surface area contributed by atoms with Gasteiger partial charge in [-0.15, -0.1) is 0 Å². The second-order valence-corrected chi connectivity index (χ2v) is 6.44. The van der Waals surface area contributed by atoms with Crippen molar-refractivity contribution in [2.75, 3.05) is 0 Å². The summed E-state index contributed by atoms with van der Waals surface area (Å²) in [5.41, 5.74) is 6.86. The fourth-order valence-corrected chi connectivity index (χ4v) is 3.22. The van der Waals surface area contributed by atoms with Gasteiger partial charge in [-0.25, -0.2) is 4.79 Å². The van der Waals surface area contributed by atoms with Gasteiger partial charge in [0.25, 0.3) is 0 Å². The van der Waals surface area contributed by atoms with Crippen molar-refractivity contribution in [2.24, 2.45) is 11.7 Å². The minimum atomic E-state index is -1.04. The SMILES string of the molecule is N[C@@H](CC1CCCCC1)C(=O)N[C@@H](Cc1ccccc1)C(=O)O. The van der Waals surface area contributed by atoms with E-state index in [4.69, 9.17) is 5.73 Å². The lowest BCUT2D eigenvalue weighted by Gasteiger charge is -2.25. The molecule has 1 amide bonds. The van der Waals surface area contributed by atoms with E-state index in [9.17, 15) is 14.7 Å². The fraction of sp³-hybridized carbons (Fsp3) is 0.556. The highest BCUT2D eigenvalue weighted by atomic mass is 16.4. The van der Waals surface area contributed by atoms with Crippen LogP contribution in [0.1, 0.15) is 44.1 Å². The molecule has 0 aliphatic heterocycles. The molecule has 0 saturated heterocycles. The molecule has 0 radical (unpaired) electrons. The van der Waals surface area contributed by atoms with Crippen LogP contribution in [0.2, 0.25) is 0 Å². The number of nitrogens with two attached hydrogens (primary N) is 1. The van der Waals surface area contributed by atoms with E-state index in [1.54, 1.807) is 0 Å². The Morgan fingerprint density at radius 2 is 1.83 bits per heavy atom. The van der Waals surface area contributed by atoms with Gasteiger partial charge in [-0.3, -0.25) is 4.79 Å². The minimum absolute atomic E-state index is 0.262. The summed E-state index contributed by atoms with van der Waals surface area (Å²) >= 11 is 0. The van der Waals surface area contributed by atoms with E-state index in [1.165, 1.54) is 19.3 Å². The molecular formula is C18H26N2O3. The van der Waals surface area contributed by atoms with Crippen LogP contribution in [0.5, 0.6) is 0 Å². The van der Waals surface area contributed by atoms with Crippen LogP contribution >= 0.6 is 0 Å². The molecule has 23 heavy (non-hydrogen) atoms. The largest absolute Gasteiger partial charge is 0.480 e. The first-order valence-corrected chi connectivity index (χ1v) is 8.39. The second kappa shape index (κ2) is 8.67. The molecule has 0 spiro atoms. The van der Waals surface area contributed by atoms with Crippen LogP contribution in [0.4, 0.5) is 0 Å². The van der Waals surface area contributed by atoms with Crippen LogP contribution in [0.15, 0.2) is 30.3 Å². The van der Waals surface area contributed by atoms with Gasteiger partial charge in [0.05, 0.1) is 6.04 Å². The minimum Gasteiger partial charge on any atom is -0.480 e. The normalized spacial score (nSPS) is 18.1. The Labute approximate surface area is 137 Å². The van der Waals surface area contributed by atoms with Crippen molar-refractivity contribution < 1.29 is 14.7 Å². The molecule has 1 aliphatic rings. The molecule has 0 heterocycles. The van der Waals surface area contributed by atoms with Crippen molar-refractivity contribution in [3.63, 3.8) is 0 Å². The molecule has 0 unspecified atom stereocenters. The molecule has 5 heteroatoms. The molecule has 2 rings (SSSR count). The fourth-order valence-electron chi connectivity index (χ4n) is 3.22. The number of benzene rings is 1. The van der Waals surface area contributed by atoms with Gasteiger partial charge in [-0.1, -0.05) is 62.4 Å². The topological polar surface area (TPSA) is 92.4 Å². The van der Waals surface area contributed by atoms with E-state index >= 15 is 0 Å². The first-order chi connectivity index (χ1) is 11.1. The van der Waals surface area contributed by atoms with Crippen molar-refractivity contribution in [3.8, 4) is 0 Å². The zero-order chi connectivity index (χ0) is 16.7. The Balaban J connectivity index is 1.88. The summed E-state index contributed by atoms with van der Waals surface area (Å²) in [7, 11) is 0. The number of nitrogens with one attached hydrogen (secondary N) is 1. The van der Waals surface area contributed by atoms with Gasteiger partial charge in [0.15, 0.2) is 0 Å². The number of rotatable bonds is 7. The Morgan fingerprint density at radius 3 is 2.43 bits per heavy atom. The molecule has 0 aromatic heterocycles. The highest BCUT2D eigenvalue weighted by molar-refractivity contribution is 5.86. The summed E-state index contributed by atoms with van der Waals surface area (Å²) < 4.78 is 0. The van der Waals surface area contributed by atoms with Gasteiger partial charge in [-0.05, 0) is 17.9 Å². The van der Waals surface area contributed by atoms with Gasteiger partial charge in [0.1, 0.15) is 6.04 Å². The van der Waals surface area contributed by atoms with Gasteiger partial charge in [0.2, 0.25) is 5.91 Å². The van der Waals surface area contributed by atoms with Crippen LogP contribution in [0, 0.1) is 5.92 Å². The van der Waals surface area contributed by atoms with E-state index in [2.05, 4.69) is 5.32 Å². The summed E-state index contributed by atoms with van der Waals surface area (Å²) in [5, 5.41) is 11.9. The van der Waals surface area contributed by atoms with Crippen LogP contribution in [-0.2, 0) is 16.0 Å². The van der Waals surface area contributed by atoms with Gasteiger partial charge in [-0.2, -0.15) is 0 Å². The number of carbonyl (C=O) groups excluding carboxylic acids is 1. The third-order valence-corrected chi connectivity index (χ3v) is 4.55. The highest BCUT2D eigenvalue weighted by Gasteiger charge is 2.26. The highest BCUT2D eigenvalue weighted by Crippen LogP contribution is 2.26. The van der Waals surface area contributed by atoms with Gasteiger partial charge < -0.3 is 16.2 Å². The Bertz CT molecular complexity index is 512. The van der Waals surface area contributed by atoms with Crippen molar-refractivity contribution in [1.82, 2.24) is 5.32 Å². The molecule has 5 nitrogen and oxygen atoms in total. The van der Waals surface area contributed by atoms with Crippen LogP contribution in [0.3, 0.4) is 0 Å². The Kier molecular flexibility index (Phi) is 6.59. The molecule has 1 aliphatic carbocycles. The lowest BCUT2D eigenvalue weighted by Crippen LogP contribution is -2.49. The molecule has 1 fully saturated rings. The molecule has 0 bridgehead atoms. The second-order valence-electron chi connectivity index (χ2n) is 6.44. The summed E-state index contributed by atoms with van der Waals surface area (Å²) in [6.45, 7) is 0. The number of amides is 1. The molecule has 1 aromatic rings. The van der Waals surface area contributed by atoms with Crippen molar-refractivity contribution in [1.29, 1.82) is 0 Å². The molecule has 4 N–H and O–H groups in total. The third-order valence-electron chi connectivity index (χ3n) is 4.55. The quantitative estimate of drug-likeness (QED) is 0.718. The van der Waals surface area contributed by atoms with Crippen LogP contribution in [-0.4, -0.2) is 29.1 Å². The Morgan fingerprint density at radius 1 is 1.17 bits per heavy atom. The van der Waals surface area contributed by atoms with E-state index in [0.29, 0.717) is 12.3 Å². The number of carbonyl (C=O) groups is 2. The summed E-state index contributed by atoms with van der Waals surface area (Å²) in [5.74, 6) is -0.909. The number of carboxylic acid groups (broad SMARTS) is 1. The van der Waals surface area contributed by atoms with Crippen molar-refractivity contribution in [3.05, 3.63) is 35.9 Å².